The summed E-state index contributed by atoms with van der Waals surface area (Å²) in [5, 5.41) is 20.6. The largest absolute Gasteiger partial charge is 0.504 e. The fourth-order valence-corrected chi connectivity index (χ4v) is 5.24. The molecule has 21 heavy (non-hydrogen) atoms. The first-order valence-electron chi connectivity index (χ1n) is 7.71. The molecule has 1 saturated heterocycles. The van der Waals surface area contributed by atoms with Gasteiger partial charge in [0.05, 0.1) is 0 Å². The molecule has 0 radical (unpaired) electrons. The number of piperidine rings is 1. The average Bonchev–Trinajstić information content (AvgIpc) is 2.83. The number of benzene rings is 1. The molecule has 2 aliphatic carbocycles. The lowest BCUT2D eigenvalue weighted by Gasteiger charge is -2.56. The second-order valence-electron chi connectivity index (χ2n) is 6.93. The predicted molar refractivity (Wildman–Crippen MR) is 77.6 cm³/mol. The van der Waals surface area contributed by atoms with Crippen molar-refractivity contribution in [2.75, 3.05) is 13.6 Å². The molecule has 2 bridgehead atoms. The van der Waals surface area contributed by atoms with Gasteiger partial charge in [0, 0.05) is 22.9 Å². The van der Waals surface area contributed by atoms with E-state index in [1.165, 1.54) is 11.1 Å². The molecule has 1 aromatic carbocycles. The minimum absolute atomic E-state index is 0.160. The Balaban J connectivity index is 1.84. The van der Waals surface area contributed by atoms with Gasteiger partial charge < -0.3 is 19.8 Å². The van der Waals surface area contributed by atoms with E-state index in [2.05, 4.69) is 18.0 Å². The van der Waals surface area contributed by atoms with Crippen LogP contribution in [0.3, 0.4) is 0 Å². The summed E-state index contributed by atoms with van der Waals surface area (Å²) in [6.07, 6.45) is 5.18. The van der Waals surface area contributed by atoms with Gasteiger partial charge in [0.25, 0.3) is 0 Å². The van der Waals surface area contributed by atoms with E-state index in [0.29, 0.717) is 17.7 Å². The number of hydrogen-bond donors (Lipinski definition) is 2. The quantitative estimate of drug-likeness (QED) is 0.703. The van der Waals surface area contributed by atoms with E-state index >= 15 is 0 Å². The Morgan fingerprint density at radius 2 is 2.19 bits per heavy atom. The maximum atomic E-state index is 10.4. The molecule has 0 saturated carbocycles. The molecule has 5 atom stereocenters. The van der Waals surface area contributed by atoms with Gasteiger partial charge in [-0.1, -0.05) is 18.2 Å². The lowest BCUT2D eigenvalue weighted by molar-refractivity contribution is -0.0453. The van der Waals surface area contributed by atoms with Crippen molar-refractivity contribution in [1.82, 2.24) is 4.90 Å². The molecule has 1 aromatic rings. The summed E-state index contributed by atoms with van der Waals surface area (Å²) in [4.78, 5) is 2.43. The van der Waals surface area contributed by atoms with Crippen LogP contribution < -0.4 is 4.74 Å². The van der Waals surface area contributed by atoms with Crippen LogP contribution in [0, 0.1) is 5.92 Å². The number of ether oxygens (including phenoxy) is 1. The predicted octanol–water partition coefficient (Wildman–Crippen LogP) is 1.20. The van der Waals surface area contributed by atoms with Crippen molar-refractivity contribution in [3.05, 3.63) is 35.4 Å². The molecule has 0 aromatic heterocycles. The number of rotatable bonds is 0. The molecule has 110 valence electrons. The van der Waals surface area contributed by atoms with Gasteiger partial charge >= 0.3 is 0 Å². The molecular weight excluding hydrogens is 266 g/mol. The van der Waals surface area contributed by atoms with E-state index in [0.717, 1.165) is 19.4 Å². The topological polar surface area (TPSA) is 52.9 Å². The Morgan fingerprint density at radius 3 is 3.05 bits per heavy atom. The smallest absolute Gasteiger partial charge is 0.165 e. The number of aliphatic hydroxyl groups excluding tert-OH is 1. The number of likely N-dealkylation sites (N-methyl/N-ethyl adjacent to an activating group) is 1. The van der Waals surface area contributed by atoms with Gasteiger partial charge in [-0.25, -0.2) is 0 Å². The van der Waals surface area contributed by atoms with E-state index < -0.39 is 6.10 Å². The molecule has 2 N–H and O–H groups in total. The fraction of sp³-hybridized carbons (Fsp3) is 0.529. The Hall–Kier alpha value is -1.52. The molecule has 4 heteroatoms. The minimum Gasteiger partial charge on any atom is -0.504 e. The van der Waals surface area contributed by atoms with Crippen LogP contribution in [0.4, 0.5) is 0 Å². The third kappa shape index (κ3) is 1.21. The molecule has 1 spiro atoms. The van der Waals surface area contributed by atoms with Gasteiger partial charge in [0.1, 0.15) is 12.2 Å². The lowest BCUT2D eigenvalue weighted by atomic mass is 9.53. The summed E-state index contributed by atoms with van der Waals surface area (Å²) >= 11 is 0. The summed E-state index contributed by atoms with van der Waals surface area (Å²) in [6, 6.07) is 4.23. The SMILES string of the molecule is CN1CC[C@]23c4c5ccc(O)c4O[C@H]2[C@@H](O)C=C[C@H]3C1C5. The number of phenolic OH excluding ortho intramolecular Hbond substituents is 1. The number of aromatic hydroxyl groups is 1. The van der Waals surface area contributed by atoms with Crippen LogP contribution in [0.5, 0.6) is 11.5 Å². The van der Waals surface area contributed by atoms with Crippen molar-refractivity contribution in [1.29, 1.82) is 0 Å². The Morgan fingerprint density at radius 1 is 1.33 bits per heavy atom. The van der Waals surface area contributed by atoms with Crippen molar-refractivity contribution < 1.29 is 14.9 Å². The number of phenols is 1. The van der Waals surface area contributed by atoms with Gasteiger partial charge in [0.15, 0.2) is 11.5 Å². The van der Waals surface area contributed by atoms with Crippen molar-refractivity contribution in [3.8, 4) is 11.5 Å². The van der Waals surface area contributed by atoms with E-state index in [4.69, 9.17) is 4.74 Å². The van der Waals surface area contributed by atoms with Crippen molar-refractivity contribution in [2.45, 2.75) is 36.5 Å². The van der Waals surface area contributed by atoms with Gasteiger partial charge in [0.2, 0.25) is 0 Å². The zero-order chi connectivity index (χ0) is 14.4. The average molecular weight is 285 g/mol. The van der Waals surface area contributed by atoms with E-state index in [1.807, 2.05) is 12.1 Å². The Labute approximate surface area is 123 Å². The third-order valence-corrected chi connectivity index (χ3v) is 6.15. The molecular formula is C17H19NO3. The minimum atomic E-state index is -0.594. The molecule has 1 unspecified atom stereocenters. The monoisotopic (exact) mass is 285 g/mol. The van der Waals surface area contributed by atoms with Crippen LogP contribution in [0.1, 0.15) is 17.5 Å². The zero-order valence-electron chi connectivity index (χ0n) is 12.0. The summed E-state index contributed by atoms with van der Waals surface area (Å²) in [5.41, 5.74) is 2.29. The van der Waals surface area contributed by atoms with Gasteiger partial charge in [-0.05, 0) is 38.1 Å². The van der Waals surface area contributed by atoms with Crippen LogP contribution >= 0.6 is 0 Å². The fourth-order valence-electron chi connectivity index (χ4n) is 5.24. The molecule has 0 amide bonds. The first-order valence-corrected chi connectivity index (χ1v) is 7.71. The molecule has 5 rings (SSSR count). The summed E-state index contributed by atoms with van der Waals surface area (Å²) in [6.45, 7) is 1.01. The molecule has 1 fully saturated rings. The van der Waals surface area contributed by atoms with Crippen LogP contribution in [-0.2, 0) is 11.8 Å². The number of aliphatic hydroxyl groups is 1. The molecule has 2 heterocycles. The summed E-state index contributed by atoms with van der Waals surface area (Å²) < 4.78 is 6.09. The van der Waals surface area contributed by atoms with Crippen molar-refractivity contribution in [2.24, 2.45) is 5.92 Å². The Bertz CT molecular complexity index is 670. The molecule has 4 nitrogen and oxygen atoms in total. The number of nitrogens with zero attached hydrogens (tertiary/aromatic N) is 1. The molecule has 4 aliphatic rings. The standard InChI is InChI=1S/C17H19NO3/c1-18-7-6-17-10-3-5-13(20)16(17)21-15-12(19)4-2-9(14(15)17)8-11(10)18/h2-5,10-11,13,16,19-20H,6-8H2,1H3/t10-,11?,13-,16-,17-/m0/s1. The van der Waals surface area contributed by atoms with E-state index in [9.17, 15) is 10.2 Å². The van der Waals surface area contributed by atoms with Crippen LogP contribution in [0.25, 0.3) is 0 Å². The molecule has 2 aliphatic heterocycles. The first kappa shape index (κ1) is 12.1. The van der Waals surface area contributed by atoms with Gasteiger partial charge in [-0.2, -0.15) is 0 Å². The summed E-state index contributed by atoms with van der Waals surface area (Å²) in [7, 11) is 2.19. The zero-order valence-corrected chi connectivity index (χ0v) is 12.0. The Kier molecular flexibility index (Phi) is 2.08. The maximum Gasteiger partial charge on any atom is 0.165 e. The van der Waals surface area contributed by atoms with Gasteiger partial charge in [-0.15, -0.1) is 0 Å². The highest BCUT2D eigenvalue weighted by molar-refractivity contribution is 5.61. The first-order chi connectivity index (χ1) is 10.1. The number of hydrogen-bond acceptors (Lipinski definition) is 4. The van der Waals surface area contributed by atoms with E-state index in [1.54, 1.807) is 6.07 Å². The van der Waals surface area contributed by atoms with Gasteiger partial charge in [-0.3, -0.25) is 0 Å². The number of likely N-dealkylation sites (tertiary alicyclic amines) is 1. The lowest BCUT2D eigenvalue weighted by Crippen LogP contribution is -2.64. The van der Waals surface area contributed by atoms with Crippen molar-refractivity contribution >= 4 is 0 Å². The van der Waals surface area contributed by atoms with Crippen LogP contribution in [0.15, 0.2) is 24.3 Å². The maximum absolute atomic E-state index is 10.4. The summed E-state index contributed by atoms with van der Waals surface area (Å²) in [5.74, 6) is 1.19. The second kappa shape index (κ2) is 3.62. The van der Waals surface area contributed by atoms with Crippen LogP contribution in [0.2, 0.25) is 0 Å². The van der Waals surface area contributed by atoms with Crippen molar-refractivity contribution in [3.63, 3.8) is 0 Å². The third-order valence-electron chi connectivity index (χ3n) is 6.15. The van der Waals surface area contributed by atoms with Crippen LogP contribution in [-0.4, -0.2) is 47.0 Å². The highest BCUT2D eigenvalue weighted by Gasteiger charge is 2.64. The highest BCUT2D eigenvalue weighted by atomic mass is 16.5. The van der Waals surface area contributed by atoms with E-state index in [-0.39, 0.29) is 17.3 Å². The second-order valence-corrected chi connectivity index (χ2v) is 6.93. The normalized spacial score (nSPS) is 42.6. The highest BCUT2D eigenvalue weighted by Crippen LogP contribution is 2.62.